The van der Waals surface area contributed by atoms with Gasteiger partial charge in [-0.15, -0.1) is 6.58 Å². The monoisotopic (exact) mass is 407 g/mol. The number of allylic oxidation sites excluding steroid dienone is 1. The van der Waals surface area contributed by atoms with Crippen molar-refractivity contribution >= 4 is 21.9 Å². The summed E-state index contributed by atoms with van der Waals surface area (Å²) in [6.07, 6.45) is 4.12. The van der Waals surface area contributed by atoms with Crippen molar-refractivity contribution < 1.29 is 13.2 Å². The molecule has 2 aliphatic rings. The number of nitrogens with zero attached hydrogens (tertiary/aromatic N) is 1. The van der Waals surface area contributed by atoms with E-state index in [1.54, 1.807) is 30.3 Å². The Labute approximate surface area is 172 Å². The van der Waals surface area contributed by atoms with E-state index in [0.29, 0.717) is 18.5 Å². The number of hydrogen-bond acceptors (Lipinski definition) is 3. The van der Waals surface area contributed by atoms with E-state index in [-0.39, 0.29) is 23.1 Å². The predicted molar refractivity (Wildman–Crippen MR) is 115 cm³/mol. The molecule has 150 valence electrons. The van der Waals surface area contributed by atoms with Crippen molar-refractivity contribution in [2.75, 3.05) is 13.1 Å². The fraction of sp³-hybridized carbons (Fsp3) is 0.292. The van der Waals surface area contributed by atoms with Crippen LogP contribution in [0.1, 0.15) is 30.0 Å². The van der Waals surface area contributed by atoms with E-state index in [9.17, 15) is 13.2 Å². The number of ketones is 1. The zero-order valence-corrected chi connectivity index (χ0v) is 17.6. The Kier molecular flexibility index (Phi) is 4.83. The highest BCUT2D eigenvalue weighted by molar-refractivity contribution is 7.89. The first-order valence-corrected chi connectivity index (χ1v) is 11.3. The Morgan fingerprint density at radius 2 is 1.79 bits per heavy atom. The van der Waals surface area contributed by atoms with E-state index in [0.717, 1.165) is 16.7 Å². The number of carbonyl (C=O) groups is 1. The van der Waals surface area contributed by atoms with Crippen LogP contribution in [0.5, 0.6) is 0 Å². The smallest absolute Gasteiger partial charge is 0.243 e. The van der Waals surface area contributed by atoms with E-state index < -0.39 is 15.4 Å². The third-order valence-corrected chi connectivity index (χ3v) is 8.19. The molecule has 29 heavy (non-hydrogen) atoms. The minimum atomic E-state index is -3.63. The lowest BCUT2D eigenvalue weighted by Crippen LogP contribution is -2.56. The lowest BCUT2D eigenvalue weighted by atomic mass is 9.59. The second-order valence-electron chi connectivity index (χ2n) is 7.98. The van der Waals surface area contributed by atoms with Crippen LogP contribution in [-0.2, 0) is 20.2 Å². The van der Waals surface area contributed by atoms with E-state index in [4.69, 9.17) is 0 Å². The van der Waals surface area contributed by atoms with Crippen LogP contribution in [0.3, 0.4) is 0 Å². The number of rotatable bonds is 3. The Balaban J connectivity index is 1.75. The molecule has 0 bridgehead atoms. The van der Waals surface area contributed by atoms with E-state index >= 15 is 0 Å². The van der Waals surface area contributed by atoms with Crippen molar-refractivity contribution in [2.45, 2.75) is 30.6 Å². The maximum Gasteiger partial charge on any atom is 0.243 e. The first-order valence-electron chi connectivity index (χ1n) is 9.82. The Hall–Kier alpha value is -2.50. The molecule has 0 radical (unpaired) electrons. The minimum absolute atomic E-state index is 0.0773. The highest BCUT2D eigenvalue weighted by Crippen LogP contribution is 2.47. The lowest BCUT2D eigenvalue weighted by Gasteiger charge is -2.47. The molecule has 4 rings (SSSR count). The number of Topliss-reactive ketones (excluding diaryl/α,β-unsaturated/α-hetero) is 1. The summed E-state index contributed by atoms with van der Waals surface area (Å²) in [4.78, 5) is 13.7. The summed E-state index contributed by atoms with van der Waals surface area (Å²) in [6, 6.07) is 14.8. The number of piperidine rings is 1. The summed E-state index contributed by atoms with van der Waals surface area (Å²) in [6.45, 7) is 8.29. The maximum atomic E-state index is 13.4. The van der Waals surface area contributed by atoms with Crippen molar-refractivity contribution in [1.82, 2.24) is 4.31 Å². The largest absolute Gasteiger partial charge is 0.294 e. The average molecular weight is 408 g/mol. The Bertz CT molecular complexity index is 1120. The van der Waals surface area contributed by atoms with Gasteiger partial charge in [-0.2, -0.15) is 4.31 Å². The fourth-order valence-corrected chi connectivity index (χ4v) is 6.19. The van der Waals surface area contributed by atoms with Crippen molar-refractivity contribution in [3.63, 3.8) is 0 Å². The number of fused-ring (bicyclic) bond motifs is 2. The second kappa shape index (κ2) is 7.08. The summed E-state index contributed by atoms with van der Waals surface area (Å²) >= 11 is 0. The minimum Gasteiger partial charge on any atom is -0.294 e. The number of hydrogen-bond donors (Lipinski definition) is 0. The highest BCUT2D eigenvalue weighted by Gasteiger charge is 2.52. The van der Waals surface area contributed by atoms with E-state index in [2.05, 4.69) is 6.58 Å². The van der Waals surface area contributed by atoms with Crippen LogP contribution in [0.2, 0.25) is 0 Å². The molecule has 2 atom stereocenters. The fourth-order valence-electron chi connectivity index (χ4n) is 4.72. The Morgan fingerprint density at radius 1 is 1.10 bits per heavy atom. The Morgan fingerprint density at radius 3 is 2.48 bits per heavy atom. The number of aryl methyl sites for hydroxylation is 1. The summed E-state index contributed by atoms with van der Waals surface area (Å²) in [5, 5.41) is 0. The molecule has 0 amide bonds. The third-order valence-electron chi connectivity index (χ3n) is 6.31. The van der Waals surface area contributed by atoms with Crippen LogP contribution in [0.25, 0.3) is 6.08 Å². The summed E-state index contributed by atoms with van der Waals surface area (Å²) < 4.78 is 27.9. The van der Waals surface area contributed by atoms with Gasteiger partial charge >= 0.3 is 0 Å². The maximum absolute atomic E-state index is 13.4. The van der Waals surface area contributed by atoms with Gasteiger partial charge in [-0.05, 0) is 55.2 Å². The van der Waals surface area contributed by atoms with E-state index in [1.807, 2.05) is 44.2 Å². The number of benzene rings is 2. The van der Waals surface area contributed by atoms with Gasteiger partial charge in [0.15, 0.2) is 5.78 Å². The van der Waals surface area contributed by atoms with Crippen LogP contribution >= 0.6 is 0 Å². The molecule has 2 aromatic carbocycles. The van der Waals surface area contributed by atoms with Gasteiger partial charge in [-0.25, -0.2) is 8.42 Å². The molecule has 1 aliphatic carbocycles. The molecule has 4 nitrogen and oxygen atoms in total. The molecule has 0 saturated carbocycles. The van der Waals surface area contributed by atoms with Gasteiger partial charge in [-0.1, -0.05) is 48.0 Å². The van der Waals surface area contributed by atoms with Gasteiger partial charge in [0.25, 0.3) is 0 Å². The molecule has 1 aliphatic heterocycles. The van der Waals surface area contributed by atoms with Gasteiger partial charge in [0.2, 0.25) is 10.0 Å². The molecule has 1 spiro atoms. The van der Waals surface area contributed by atoms with Crippen LogP contribution in [0.15, 0.2) is 71.7 Å². The zero-order chi connectivity index (χ0) is 20.8. The van der Waals surface area contributed by atoms with Crippen molar-refractivity contribution in [2.24, 2.45) is 5.92 Å². The summed E-state index contributed by atoms with van der Waals surface area (Å²) in [5.74, 6) is -0.220. The summed E-state index contributed by atoms with van der Waals surface area (Å²) in [5.41, 5.74) is 2.98. The van der Waals surface area contributed by atoms with Gasteiger partial charge in [-0.3, -0.25) is 4.79 Å². The molecular weight excluding hydrogens is 382 g/mol. The first kappa shape index (κ1) is 19.8. The highest BCUT2D eigenvalue weighted by atomic mass is 32.2. The molecule has 1 heterocycles. The normalized spacial score (nSPS) is 24.8. The molecule has 1 fully saturated rings. The van der Waals surface area contributed by atoms with Crippen LogP contribution in [0.4, 0.5) is 0 Å². The molecular formula is C24H25NO3S. The van der Waals surface area contributed by atoms with Crippen molar-refractivity contribution in [1.29, 1.82) is 0 Å². The quantitative estimate of drug-likeness (QED) is 0.720. The van der Waals surface area contributed by atoms with Gasteiger partial charge in [0.1, 0.15) is 0 Å². The average Bonchev–Trinajstić information content (AvgIpc) is 2.72. The van der Waals surface area contributed by atoms with Crippen LogP contribution < -0.4 is 0 Å². The second-order valence-corrected chi connectivity index (χ2v) is 9.92. The van der Waals surface area contributed by atoms with Gasteiger partial charge < -0.3 is 0 Å². The topological polar surface area (TPSA) is 54.5 Å². The molecule has 1 saturated heterocycles. The van der Waals surface area contributed by atoms with Crippen molar-refractivity contribution in [3.05, 3.63) is 83.4 Å². The van der Waals surface area contributed by atoms with Gasteiger partial charge in [0.05, 0.1) is 10.3 Å². The van der Waals surface area contributed by atoms with Crippen LogP contribution in [-0.4, -0.2) is 31.6 Å². The number of carbonyl (C=O) groups excluding carboxylic acids is 1. The zero-order valence-electron chi connectivity index (χ0n) is 16.8. The predicted octanol–water partition coefficient (Wildman–Crippen LogP) is 4.12. The SMILES string of the molecule is C=CC1CN(S(=O)(=O)c2ccc(C)cc2)CCC12C(=O)C(C)=Cc1ccccc12. The van der Waals surface area contributed by atoms with E-state index in [1.165, 1.54) is 4.31 Å². The molecule has 0 N–H and O–H groups in total. The molecule has 2 unspecified atom stereocenters. The van der Waals surface area contributed by atoms with Gasteiger partial charge in [0, 0.05) is 19.0 Å². The lowest BCUT2D eigenvalue weighted by molar-refractivity contribution is -0.123. The first-order chi connectivity index (χ1) is 13.8. The number of sulfonamides is 1. The summed E-state index contributed by atoms with van der Waals surface area (Å²) in [7, 11) is -3.63. The van der Waals surface area contributed by atoms with Crippen molar-refractivity contribution in [3.8, 4) is 0 Å². The standard InChI is InChI=1S/C24H25NO3S/c1-4-20-16-25(29(27,28)21-11-9-17(2)10-12-21)14-13-24(20)22-8-6-5-7-19(22)15-18(3)23(24)26/h4-12,15,20H,1,13-14,16H2,2-3H3. The molecule has 2 aromatic rings. The molecule has 0 aromatic heterocycles. The van der Waals surface area contributed by atoms with Crippen LogP contribution in [0, 0.1) is 12.8 Å². The molecule has 5 heteroatoms. The third kappa shape index (κ3) is 3.00.